The second-order valence-electron chi connectivity index (χ2n) is 8.98. The number of benzene rings is 2. The van der Waals surface area contributed by atoms with Crippen molar-refractivity contribution < 1.29 is 9.18 Å². The summed E-state index contributed by atoms with van der Waals surface area (Å²) in [6.45, 7) is 2.19. The zero-order valence-corrected chi connectivity index (χ0v) is 21.0. The van der Waals surface area contributed by atoms with Gasteiger partial charge in [0.15, 0.2) is 5.84 Å². The molecule has 3 aromatic rings. The predicted molar refractivity (Wildman–Crippen MR) is 138 cm³/mol. The third-order valence-corrected chi connectivity index (χ3v) is 7.52. The van der Waals surface area contributed by atoms with Gasteiger partial charge >= 0.3 is 0 Å². The Balaban J connectivity index is 1.42. The first-order valence-electron chi connectivity index (χ1n) is 11.7. The molecule has 5 rings (SSSR count). The van der Waals surface area contributed by atoms with Gasteiger partial charge in [0.05, 0.1) is 17.4 Å². The molecule has 1 atom stereocenters. The number of imidazole rings is 1. The van der Waals surface area contributed by atoms with Crippen LogP contribution in [-0.2, 0) is 11.3 Å². The van der Waals surface area contributed by atoms with Gasteiger partial charge in [-0.2, -0.15) is 0 Å². The number of carbonyl (C=O) groups excluding carboxylic acids is 1. The van der Waals surface area contributed by atoms with Gasteiger partial charge in [-0.1, -0.05) is 23.9 Å². The van der Waals surface area contributed by atoms with E-state index in [0.717, 1.165) is 35.7 Å². The van der Waals surface area contributed by atoms with Gasteiger partial charge in [0, 0.05) is 43.1 Å². The summed E-state index contributed by atoms with van der Waals surface area (Å²) >= 11 is 1.33. The number of amidine groups is 1. The van der Waals surface area contributed by atoms with Crippen LogP contribution in [0.3, 0.4) is 0 Å². The summed E-state index contributed by atoms with van der Waals surface area (Å²) in [6.07, 6.45) is 6.26. The molecule has 186 valence electrons. The number of thioether (sulfide) groups is 1. The van der Waals surface area contributed by atoms with Crippen molar-refractivity contribution in [2.24, 2.45) is 0 Å². The van der Waals surface area contributed by atoms with E-state index in [1.165, 1.54) is 23.9 Å². The maximum Gasteiger partial charge on any atom is 0.278 e. The van der Waals surface area contributed by atoms with E-state index in [9.17, 15) is 9.18 Å². The zero-order chi connectivity index (χ0) is 25.2. The maximum atomic E-state index is 13.5. The van der Waals surface area contributed by atoms with Crippen LogP contribution in [0.15, 0.2) is 82.7 Å². The number of likely N-dealkylation sites (N-methyl/N-ethyl adjacent to an activating group) is 2. The van der Waals surface area contributed by atoms with Crippen molar-refractivity contribution in [3.05, 3.63) is 89.2 Å². The van der Waals surface area contributed by atoms with Crippen LogP contribution >= 0.6 is 11.8 Å². The first-order valence-corrected chi connectivity index (χ1v) is 12.6. The number of carbonyl (C=O) groups is 1. The van der Waals surface area contributed by atoms with Gasteiger partial charge in [-0.15, -0.1) is 0 Å². The number of likely N-dealkylation sites (tertiary alicyclic amines) is 1. The molecule has 10 heteroatoms. The van der Waals surface area contributed by atoms with Crippen molar-refractivity contribution in [3.63, 3.8) is 0 Å². The van der Waals surface area contributed by atoms with Crippen molar-refractivity contribution in [2.75, 3.05) is 27.2 Å². The quantitative estimate of drug-likeness (QED) is 0.378. The van der Waals surface area contributed by atoms with Crippen LogP contribution in [0.4, 0.5) is 4.39 Å². The molecule has 2 saturated heterocycles. The van der Waals surface area contributed by atoms with E-state index in [4.69, 9.17) is 5.41 Å². The van der Waals surface area contributed by atoms with E-state index in [0.29, 0.717) is 17.1 Å². The van der Waals surface area contributed by atoms with E-state index < -0.39 is 0 Å². The van der Waals surface area contributed by atoms with Gasteiger partial charge in [-0.05, 0) is 62.0 Å². The number of halogens is 1. The lowest BCUT2D eigenvalue weighted by Gasteiger charge is -2.30. The molecule has 1 unspecified atom stereocenters. The Kier molecular flexibility index (Phi) is 6.80. The highest BCUT2D eigenvalue weighted by Crippen LogP contribution is 2.34. The Morgan fingerprint density at radius 1 is 1.17 bits per heavy atom. The molecule has 3 heterocycles. The van der Waals surface area contributed by atoms with Crippen LogP contribution in [0.5, 0.6) is 0 Å². The fraction of sp³-hybridized carbons (Fsp3) is 0.269. The molecule has 0 spiro atoms. The molecule has 2 N–H and O–H groups in total. The fourth-order valence-corrected chi connectivity index (χ4v) is 5.48. The third kappa shape index (κ3) is 4.87. The van der Waals surface area contributed by atoms with Crippen molar-refractivity contribution in [2.45, 2.75) is 23.9 Å². The molecule has 2 aliphatic heterocycles. The average molecular weight is 506 g/mol. The third-order valence-electron chi connectivity index (χ3n) is 6.46. The van der Waals surface area contributed by atoms with Crippen LogP contribution in [0, 0.1) is 11.2 Å². The van der Waals surface area contributed by atoms with Crippen LogP contribution < -0.4 is 5.32 Å². The van der Waals surface area contributed by atoms with Crippen molar-refractivity contribution >= 4 is 23.5 Å². The Morgan fingerprint density at radius 2 is 1.92 bits per heavy atom. The molecular weight excluding hydrogens is 477 g/mol. The molecule has 0 saturated carbocycles. The summed E-state index contributed by atoms with van der Waals surface area (Å²) in [5.41, 5.74) is 2.36. The first-order chi connectivity index (χ1) is 17.4. The monoisotopic (exact) mass is 505 g/mol. The summed E-state index contributed by atoms with van der Waals surface area (Å²) < 4.78 is 15.4. The Hall–Kier alpha value is -3.63. The second kappa shape index (κ2) is 10.2. The first kappa shape index (κ1) is 24.1. The van der Waals surface area contributed by atoms with Gasteiger partial charge in [0.1, 0.15) is 11.4 Å². The van der Waals surface area contributed by atoms with E-state index >= 15 is 0 Å². The van der Waals surface area contributed by atoms with Crippen LogP contribution in [0.1, 0.15) is 12.0 Å². The number of aromatic nitrogens is 2. The molecule has 0 bridgehead atoms. The second-order valence-corrected chi connectivity index (χ2v) is 10.1. The number of nitrogens with zero attached hydrogens (tertiary/aromatic N) is 5. The molecule has 1 amide bonds. The summed E-state index contributed by atoms with van der Waals surface area (Å²) in [6, 6.07) is 14.3. The molecule has 2 aliphatic rings. The molecule has 0 radical (unpaired) electrons. The maximum absolute atomic E-state index is 13.5. The van der Waals surface area contributed by atoms with Crippen molar-refractivity contribution in [3.8, 4) is 5.69 Å². The van der Waals surface area contributed by atoms with E-state index in [1.807, 2.05) is 42.1 Å². The highest BCUT2D eigenvalue weighted by atomic mass is 32.2. The number of hydrazine groups is 1. The summed E-state index contributed by atoms with van der Waals surface area (Å²) in [5.74, 6) is -0.349. The van der Waals surface area contributed by atoms with Crippen molar-refractivity contribution in [1.82, 2.24) is 29.8 Å². The average Bonchev–Trinajstić information content (AvgIpc) is 3.60. The lowest BCUT2D eigenvalue weighted by atomic mass is 10.2. The number of amides is 1. The molecule has 36 heavy (non-hydrogen) atoms. The van der Waals surface area contributed by atoms with Gasteiger partial charge in [0.25, 0.3) is 5.91 Å². The van der Waals surface area contributed by atoms with Gasteiger partial charge in [-0.3, -0.25) is 20.2 Å². The zero-order valence-electron chi connectivity index (χ0n) is 20.2. The Bertz CT molecular complexity index is 1270. The highest BCUT2D eigenvalue weighted by Gasteiger charge is 2.43. The minimum Gasteiger partial charge on any atom is -0.375 e. The molecule has 8 nitrogen and oxygen atoms in total. The van der Waals surface area contributed by atoms with Crippen LogP contribution in [-0.4, -0.2) is 69.4 Å². The van der Waals surface area contributed by atoms with Crippen LogP contribution in [0.2, 0.25) is 0 Å². The standard InChI is InChI=1S/C26H28FN7OS/c1-31-13-11-21(16-31)34-24(28)23(26(35)32(34)2)25(36-22-9-5-19(27)6-10-22)30-15-18-3-7-20(8-4-18)33-14-12-29-17-33/h3-10,12,14,17,21,28,30H,11,13,15-16H2,1-2H3/b25-23-,28-24?. The summed E-state index contributed by atoms with van der Waals surface area (Å²) in [4.78, 5) is 20.5. The number of nitrogens with one attached hydrogen (secondary N) is 2. The molecule has 2 fully saturated rings. The molecule has 2 aromatic carbocycles. The Morgan fingerprint density at radius 3 is 2.56 bits per heavy atom. The number of hydrogen-bond acceptors (Lipinski definition) is 6. The fourth-order valence-electron chi connectivity index (χ4n) is 4.55. The lowest BCUT2D eigenvalue weighted by molar-refractivity contribution is -0.133. The minimum atomic E-state index is -0.319. The normalized spacial score (nSPS) is 19.9. The SMILES string of the molecule is CN1CCC(N2C(=N)/C(=C(\NCc3ccc(-n4ccnc4)cc3)Sc3ccc(F)cc3)C(=O)N2C)C1. The minimum absolute atomic E-state index is 0.0711. The van der Waals surface area contributed by atoms with Crippen LogP contribution in [0.25, 0.3) is 5.69 Å². The van der Waals surface area contributed by atoms with Crippen molar-refractivity contribution in [1.29, 1.82) is 5.41 Å². The Labute approximate surface area is 213 Å². The summed E-state index contributed by atoms with van der Waals surface area (Å²) in [7, 11) is 3.77. The van der Waals surface area contributed by atoms with Gasteiger partial charge in [-0.25, -0.2) is 9.37 Å². The molecular formula is C26H28FN7OS. The smallest absolute Gasteiger partial charge is 0.278 e. The number of rotatable bonds is 7. The van der Waals surface area contributed by atoms with E-state index in [-0.39, 0.29) is 23.6 Å². The van der Waals surface area contributed by atoms with E-state index in [2.05, 4.69) is 15.2 Å². The van der Waals surface area contributed by atoms with E-state index in [1.54, 1.807) is 41.7 Å². The molecule has 1 aromatic heterocycles. The lowest BCUT2D eigenvalue weighted by Crippen LogP contribution is -2.46. The largest absolute Gasteiger partial charge is 0.375 e. The predicted octanol–water partition coefficient (Wildman–Crippen LogP) is 3.48. The highest BCUT2D eigenvalue weighted by molar-refractivity contribution is 8.03. The topological polar surface area (TPSA) is 80.5 Å². The van der Waals surface area contributed by atoms with Gasteiger partial charge in [0.2, 0.25) is 0 Å². The molecule has 0 aliphatic carbocycles. The van der Waals surface area contributed by atoms with Gasteiger partial charge < -0.3 is 14.8 Å². The summed E-state index contributed by atoms with van der Waals surface area (Å²) in [5, 5.41) is 16.3. The number of hydrogen-bond donors (Lipinski definition) is 2.